The van der Waals surface area contributed by atoms with Crippen LogP contribution < -0.4 is 4.74 Å². The van der Waals surface area contributed by atoms with E-state index >= 15 is 0 Å². The SMILES string of the molecule is Cc1cc(-c2ccc(S(=O)(=O)N(C)C3CCCCc4c(OCC(=O)O)cccc43)cc2)cc(C(C)(C)C)c1. The molecule has 0 amide bonds. The summed E-state index contributed by atoms with van der Waals surface area (Å²) in [6, 6.07) is 18.7. The zero-order valence-corrected chi connectivity index (χ0v) is 23.6. The van der Waals surface area contributed by atoms with E-state index < -0.39 is 22.6 Å². The lowest BCUT2D eigenvalue weighted by molar-refractivity contribution is -0.139. The number of nitrogens with zero attached hydrogens (tertiary/aromatic N) is 1. The van der Waals surface area contributed by atoms with Crippen molar-refractivity contribution in [3.63, 3.8) is 0 Å². The first kappa shape index (κ1) is 27.9. The van der Waals surface area contributed by atoms with E-state index in [0.717, 1.165) is 41.5 Å². The van der Waals surface area contributed by atoms with Crippen molar-refractivity contribution in [3.05, 3.63) is 82.9 Å². The number of aliphatic carboxylic acids is 1. The van der Waals surface area contributed by atoms with E-state index in [1.54, 1.807) is 31.3 Å². The molecule has 1 unspecified atom stereocenters. The molecule has 1 N–H and O–H groups in total. The molecule has 0 radical (unpaired) electrons. The van der Waals surface area contributed by atoms with Gasteiger partial charge in [-0.1, -0.05) is 75.2 Å². The molecule has 0 saturated carbocycles. The van der Waals surface area contributed by atoms with Gasteiger partial charge in [-0.3, -0.25) is 0 Å². The first-order valence-corrected chi connectivity index (χ1v) is 14.5. The molecule has 1 atom stereocenters. The molecule has 0 heterocycles. The lowest BCUT2D eigenvalue weighted by Gasteiger charge is -2.29. The number of ether oxygens (including phenoxy) is 1. The van der Waals surface area contributed by atoms with Gasteiger partial charge in [-0.15, -0.1) is 0 Å². The maximum atomic E-state index is 13.8. The third-order valence-electron chi connectivity index (χ3n) is 7.28. The normalized spacial score (nSPS) is 16.1. The second kappa shape index (κ2) is 10.9. The summed E-state index contributed by atoms with van der Waals surface area (Å²) in [5.41, 5.74) is 6.23. The van der Waals surface area contributed by atoms with Gasteiger partial charge in [0.05, 0.1) is 10.9 Å². The third kappa shape index (κ3) is 5.94. The molecule has 1 aliphatic rings. The second-order valence-corrected chi connectivity index (χ2v) is 13.1. The van der Waals surface area contributed by atoms with Crippen molar-refractivity contribution in [2.45, 2.75) is 69.7 Å². The van der Waals surface area contributed by atoms with Crippen molar-refractivity contribution in [3.8, 4) is 16.9 Å². The van der Waals surface area contributed by atoms with Crippen LogP contribution in [0.3, 0.4) is 0 Å². The lowest BCUT2D eigenvalue weighted by atomic mass is 9.84. The van der Waals surface area contributed by atoms with Crippen molar-refractivity contribution in [2.75, 3.05) is 13.7 Å². The zero-order valence-electron chi connectivity index (χ0n) is 22.8. The Labute approximate surface area is 226 Å². The molecule has 7 heteroatoms. The molecule has 0 spiro atoms. The molecule has 6 nitrogen and oxygen atoms in total. The van der Waals surface area contributed by atoms with Gasteiger partial charge < -0.3 is 9.84 Å². The van der Waals surface area contributed by atoms with Crippen LogP contribution >= 0.6 is 0 Å². The van der Waals surface area contributed by atoms with Crippen LogP contribution in [-0.2, 0) is 26.7 Å². The highest BCUT2D eigenvalue weighted by atomic mass is 32.2. The standard InChI is InChI=1S/C31H37NO5S/c1-21-17-23(19-24(18-21)31(2,3)4)22-13-15-25(16-14-22)38(35,36)32(5)28-11-7-6-9-27-26(28)10-8-12-29(27)37-20-30(33)34/h8,10,12-19,28H,6-7,9,11,20H2,1-5H3,(H,33,34). The van der Waals surface area contributed by atoms with Gasteiger partial charge in [-0.2, -0.15) is 4.31 Å². The fraction of sp³-hybridized carbons (Fsp3) is 0.387. The number of aryl methyl sites for hydroxylation is 1. The number of rotatable bonds is 7. The highest BCUT2D eigenvalue weighted by Crippen LogP contribution is 2.39. The Hall–Kier alpha value is -3.16. The molecule has 3 aromatic carbocycles. The summed E-state index contributed by atoms with van der Waals surface area (Å²) in [6.07, 6.45) is 3.14. The highest BCUT2D eigenvalue weighted by molar-refractivity contribution is 7.89. The van der Waals surface area contributed by atoms with Crippen LogP contribution in [0.2, 0.25) is 0 Å². The molecule has 0 fully saturated rings. The van der Waals surface area contributed by atoms with Crippen LogP contribution in [0.25, 0.3) is 11.1 Å². The Morgan fingerprint density at radius 1 is 1.03 bits per heavy atom. The first-order chi connectivity index (χ1) is 17.9. The predicted molar refractivity (Wildman–Crippen MR) is 150 cm³/mol. The van der Waals surface area contributed by atoms with Crippen molar-refractivity contribution in [1.29, 1.82) is 0 Å². The fourth-order valence-corrected chi connectivity index (χ4v) is 6.51. The summed E-state index contributed by atoms with van der Waals surface area (Å²) in [7, 11) is -2.15. The van der Waals surface area contributed by atoms with Crippen LogP contribution in [0.5, 0.6) is 5.75 Å². The van der Waals surface area contributed by atoms with Crippen molar-refractivity contribution >= 4 is 16.0 Å². The summed E-state index contributed by atoms with van der Waals surface area (Å²) in [6.45, 7) is 8.20. The lowest BCUT2D eigenvalue weighted by Crippen LogP contribution is -2.31. The first-order valence-electron chi connectivity index (χ1n) is 13.0. The summed E-state index contributed by atoms with van der Waals surface area (Å²) in [5.74, 6) is -0.532. The van der Waals surface area contributed by atoms with E-state index in [4.69, 9.17) is 9.84 Å². The minimum atomic E-state index is -3.78. The van der Waals surface area contributed by atoms with Crippen LogP contribution in [0.1, 0.15) is 68.3 Å². The Morgan fingerprint density at radius 3 is 2.39 bits per heavy atom. The van der Waals surface area contributed by atoms with E-state index in [-0.39, 0.29) is 16.4 Å². The summed E-state index contributed by atoms with van der Waals surface area (Å²) < 4.78 is 34.5. The van der Waals surface area contributed by atoms with E-state index in [0.29, 0.717) is 12.2 Å². The van der Waals surface area contributed by atoms with Crippen LogP contribution in [-0.4, -0.2) is 37.5 Å². The molecule has 3 aromatic rings. The van der Waals surface area contributed by atoms with E-state index in [1.165, 1.54) is 15.4 Å². The Bertz CT molecular complexity index is 1420. The number of carboxylic acids is 1. The summed E-state index contributed by atoms with van der Waals surface area (Å²) >= 11 is 0. The minimum absolute atomic E-state index is 0.0142. The highest BCUT2D eigenvalue weighted by Gasteiger charge is 2.32. The fourth-order valence-electron chi connectivity index (χ4n) is 5.15. The van der Waals surface area contributed by atoms with Crippen LogP contribution in [0, 0.1) is 6.92 Å². The van der Waals surface area contributed by atoms with Gasteiger partial charge in [0.15, 0.2) is 6.61 Å². The summed E-state index contributed by atoms with van der Waals surface area (Å²) in [5, 5.41) is 9.05. The molecular formula is C31H37NO5S. The van der Waals surface area contributed by atoms with Crippen LogP contribution in [0.4, 0.5) is 0 Å². The van der Waals surface area contributed by atoms with Crippen molar-refractivity contribution in [1.82, 2.24) is 4.31 Å². The van der Waals surface area contributed by atoms with Gasteiger partial charge in [0.1, 0.15) is 5.75 Å². The molecule has 38 heavy (non-hydrogen) atoms. The maximum absolute atomic E-state index is 13.8. The number of sulfonamides is 1. The predicted octanol–water partition coefficient (Wildman–Crippen LogP) is 6.51. The van der Waals surface area contributed by atoms with E-state index in [9.17, 15) is 13.2 Å². The van der Waals surface area contributed by atoms with E-state index in [1.807, 2.05) is 18.2 Å². The molecular weight excluding hydrogens is 498 g/mol. The molecule has 202 valence electrons. The molecule has 4 rings (SSSR count). The number of hydrogen-bond acceptors (Lipinski definition) is 4. The van der Waals surface area contributed by atoms with Crippen LogP contribution in [0.15, 0.2) is 65.6 Å². The largest absolute Gasteiger partial charge is 0.482 e. The number of fused-ring (bicyclic) bond motifs is 1. The number of hydrogen-bond donors (Lipinski definition) is 1. The van der Waals surface area contributed by atoms with Gasteiger partial charge in [-0.25, -0.2) is 13.2 Å². The van der Waals surface area contributed by atoms with Crippen molar-refractivity contribution in [2.24, 2.45) is 0 Å². The van der Waals surface area contributed by atoms with E-state index in [2.05, 4.69) is 45.9 Å². The third-order valence-corrected chi connectivity index (χ3v) is 9.16. The van der Waals surface area contributed by atoms with Gasteiger partial charge >= 0.3 is 5.97 Å². The van der Waals surface area contributed by atoms with Crippen molar-refractivity contribution < 1.29 is 23.1 Å². The van der Waals surface area contributed by atoms with Gasteiger partial charge in [0.25, 0.3) is 0 Å². The van der Waals surface area contributed by atoms with Gasteiger partial charge in [-0.05, 0) is 77.6 Å². The van der Waals surface area contributed by atoms with Gasteiger partial charge in [0.2, 0.25) is 10.0 Å². The smallest absolute Gasteiger partial charge is 0.341 e. The molecule has 0 aromatic heterocycles. The Kier molecular flexibility index (Phi) is 8.00. The Balaban J connectivity index is 1.64. The monoisotopic (exact) mass is 535 g/mol. The average molecular weight is 536 g/mol. The molecule has 0 saturated heterocycles. The summed E-state index contributed by atoms with van der Waals surface area (Å²) in [4.78, 5) is 11.3. The topological polar surface area (TPSA) is 83.9 Å². The quantitative estimate of drug-likeness (QED) is 0.349. The zero-order chi connectivity index (χ0) is 27.7. The maximum Gasteiger partial charge on any atom is 0.341 e. The molecule has 0 aliphatic heterocycles. The van der Waals surface area contributed by atoms with Gasteiger partial charge in [0, 0.05) is 7.05 Å². The second-order valence-electron chi connectivity index (χ2n) is 11.2. The molecule has 0 bridgehead atoms. The number of carboxylic acid groups (broad SMARTS) is 1. The average Bonchev–Trinajstić information content (AvgIpc) is 3.09. The molecule has 1 aliphatic carbocycles. The minimum Gasteiger partial charge on any atom is -0.482 e. The number of benzene rings is 3. The Morgan fingerprint density at radius 2 is 1.74 bits per heavy atom. The number of carbonyl (C=O) groups is 1.